The lowest BCUT2D eigenvalue weighted by Crippen LogP contribution is -2.52. The first-order valence-electron chi connectivity index (χ1n) is 9.60. The standard InChI is InChI=1S/C19H27N3O5S/c1-4-21(5-2)28(25,26)16-6-7-17-15(12-16)13-18(22(17)14(3)23)19(24)20-8-10-27-11-9-20/h6-7,12,18H,4-5,8-11,13H2,1-3H3/t18-/m1/s1. The average molecular weight is 410 g/mol. The summed E-state index contributed by atoms with van der Waals surface area (Å²) in [6.07, 6.45) is 0.312. The Labute approximate surface area is 166 Å². The smallest absolute Gasteiger partial charge is 0.246 e. The maximum Gasteiger partial charge on any atom is 0.246 e. The van der Waals surface area contributed by atoms with Gasteiger partial charge in [0, 0.05) is 45.2 Å². The van der Waals surface area contributed by atoms with Gasteiger partial charge in [-0.05, 0) is 23.8 Å². The lowest BCUT2D eigenvalue weighted by Gasteiger charge is -2.32. The first-order valence-corrected chi connectivity index (χ1v) is 11.0. The number of carbonyl (C=O) groups excluding carboxylic acids is 2. The van der Waals surface area contributed by atoms with E-state index in [0.29, 0.717) is 57.1 Å². The van der Waals surface area contributed by atoms with Crippen molar-refractivity contribution in [2.75, 3.05) is 44.3 Å². The molecule has 0 aliphatic carbocycles. The van der Waals surface area contributed by atoms with Crippen molar-refractivity contribution in [3.63, 3.8) is 0 Å². The molecule has 2 amide bonds. The van der Waals surface area contributed by atoms with E-state index in [0.717, 1.165) is 0 Å². The summed E-state index contributed by atoms with van der Waals surface area (Å²) in [6.45, 7) is 7.75. The van der Waals surface area contributed by atoms with Crippen molar-refractivity contribution in [3.05, 3.63) is 23.8 Å². The second-order valence-electron chi connectivity index (χ2n) is 6.93. The van der Waals surface area contributed by atoms with Crippen molar-refractivity contribution in [3.8, 4) is 0 Å². The molecule has 1 atom stereocenters. The van der Waals surface area contributed by atoms with E-state index in [2.05, 4.69) is 0 Å². The Hall–Kier alpha value is -1.97. The van der Waals surface area contributed by atoms with E-state index in [1.54, 1.807) is 30.9 Å². The quantitative estimate of drug-likeness (QED) is 0.720. The Morgan fingerprint density at radius 3 is 2.39 bits per heavy atom. The minimum Gasteiger partial charge on any atom is -0.378 e. The van der Waals surface area contributed by atoms with Crippen LogP contribution in [0.2, 0.25) is 0 Å². The van der Waals surface area contributed by atoms with Gasteiger partial charge in [0.2, 0.25) is 21.8 Å². The molecular formula is C19H27N3O5S. The van der Waals surface area contributed by atoms with Crippen LogP contribution in [0, 0.1) is 0 Å². The second kappa shape index (κ2) is 8.18. The highest BCUT2D eigenvalue weighted by molar-refractivity contribution is 7.89. The topological polar surface area (TPSA) is 87.2 Å². The summed E-state index contributed by atoms with van der Waals surface area (Å²) in [5.41, 5.74) is 1.31. The maximum absolute atomic E-state index is 13.0. The highest BCUT2D eigenvalue weighted by Gasteiger charge is 2.40. The van der Waals surface area contributed by atoms with Crippen LogP contribution in [-0.2, 0) is 30.8 Å². The van der Waals surface area contributed by atoms with Crippen molar-refractivity contribution in [1.29, 1.82) is 0 Å². The Balaban J connectivity index is 1.93. The minimum absolute atomic E-state index is 0.122. The highest BCUT2D eigenvalue weighted by atomic mass is 32.2. The van der Waals surface area contributed by atoms with E-state index in [1.807, 2.05) is 0 Å². The van der Waals surface area contributed by atoms with E-state index >= 15 is 0 Å². The number of fused-ring (bicyclic) bond motifs is 1. The fraction of sp³-hybridized carbons (Fsp3) is 0.579. The number of anilines is 1. The first-order chi connectivity index (χ1) is 13.3. The molecule has 0 spiro atoms. The lowest BCUT2D eigenvalue weighted by molar-refractivity contribution is -0.137. The largest absolute Gasteiger partial charge is 0.378 e. The molecule has 0 radical (unpaired) electrons. The Morgan fingerprint density at radius 1 is 1.18 bits per heavy atom. The molecule has 0 unspecified atom stereocenters. The Morgan fingerprint density at radius 2 is 1.82 bits per heavy atom. The molecule has 3 rings (SSSR count). The third kappa shape index (κ3) is 3.66. The van der Waals surface area contributed by atoms with Gasteiger partial charge < -0.3 is 9.64 Å². The fourth-order valence-corrected chi connectivity index (χ4v) is 5.39. The van der Waals surface area contributed by atoms with E-state index in [-0.39, 0.29) is 16.7 Å². The van der Waals surface area contributed by atoms with Gasteiger partial charge in [-0.2, -0.15) is 4.31 Å². The van der Waals surface area contributed by atoms with Crippen LogP contribution in [0.3, 0.4) is 0 Å². The van der Waals surface area contributed by atoms with Crippen molar-refractivity contribution < 1.29 is 22.7 Å². The molecule has 2 aliphatic heterocycles. The van der Waals surface area contributed by atoms with Crippen LogP contribution in [0.25, 0.3) is 0 Å². The third-order valence-corrected chi connectivity index (χ3v) is 7.37. The first kappa shape index (κ1) is 20.8. The number of amides is 2. The summed E-state index contributed by atoms with van der Waals surface area (Å²) in [7, 11) is -3.60. The van der Waals surface area contributed by atoms with Crippen LogP contribution in [-0.4, -0.2) is 74.9 Å². The van der Waals surface area contributed by atoms with Crippen molar-refractivity contribution in [2.45, 2.75) is 38.1 Å². The summed E-state index contributed by atoms with van der Waals surface area (Å²) in [5.74, 6) is -0.354. The predicted molar refractivity (Wildman–Crippen MR) is 105 cm³/mol. The summed E-state index contributed by atoms with van der Waals surface area (Å²) >= 11 is 0. The van der Waals surface area contributed by atoms with Gasteiger partial charge in [-0.25, -0.2) is 8.42 Å². The number of hydrogen-bond donors (Lipinski definition) is 0. The molecule has 0 N–H and O–H groups in total. The van der Waals surface area contributed by atoms with Crippen molar-refractivity contribution in [2.24, 2.45) is 0 Å². The zero-order valence-electron chi connectivity index (χ0n) is 16.6. The third-order valence-electron chi connectivity index (χ3n) is 5.33. The van der Waals surface area contributed by atoms with E-state index < -0.39 is 16.1 Å². The number of hydrogen-bond acceptors (Lipinski definition) is 5. The number of benzene rings is 1. The lowest BCUT2D eigenvalue weighted by atomic mass is 10.1. The Bertz CT molecular complexity index is 860. The average Bonchev–Trinajstić information content (AvgIpc) is 3.07. The molecule has 8 nitrogen and oxygen atoms in total. The normalized spacial score (nSPS) is 19.8. The fourth-order valence-electron chi connectivity index (χ4n) is 3.88. The number of carbonyl (C=O) groups is 2. The molecule has 1 fully saturated rings. The molecule has 28 heavy (non-hydrogen) atoms. The molecule has 154 valence electrons. The summed E-state index contributed by atoms with van der Waals surface area (Å²) in [5, 5.41) is 0. The molecule has 1 aromatic carbocycles. The zero-order chi connectivity index (χ0) is 20.5. The molecule has 2 aliphatic rings. The van der Waals surface area contributed by atoms with Crippen LogP contribution in [0.5, 0.6) is 0 Å². The van der Waals surface area contributed by atoms with Gasteiger partial charge >= 0.3 is 0 Å². The van der Waals surface area contributed by atoms with Crippen LogP contribution >= 0.6 is 0 Å². The van der Waals surface area contributed by atoms with Crippen LogP contribution in [0.4, 0.5) is 5.69 Å². The van der Waals surface area contributed by atoms with Crippen molar-refractivity contribution in [1.82, 2.24) is 9.21 Å². The maximum atomic E-state index is 13.0. The number of rotatable bonds is 5. The van der Waals surface area contributed by atoms with E-state index in [9.17, 15) is 18.0 Å². The number of sulfonamides is 1. The SMILES string of the molecule is CCN(CC)S(=O)(=O)c1ccc2c(c1)C[C@H](C(=O)N1CCOCC1)N2C(C)=O. The van der Waals surface area contributed by atoms with Gasteiger partial charge in [-0.3, -0.25) is 14.5 Å². The minimum atomic E-state index is -3.60. The summed E-state index contributed by atoms with van der Waals surface area (Å²) in [6, 6.07) is 4.12. The second-order valence-corrected chi connectivity index (χ2v) is 8.86. The van der Waals surface area contributed by atoms with E-state index in [4.69, 9.17) is 4.74 Å². The number of nitrogens with zero attached hydrogens (tertiary/aromatic N) is 3. The van der Waals surface area contributed by atoms with Gasteiger partial charge in [0.15, 0.2) is 0 Å². The van der Waals surface area contributed by atoms with Gasteiger partial charge in [0.05, 0.1) is 18.1 Å². The van der Waals surface area contributed by atoms with Gasteiger partial charge in [0.25, 0.3) is 0 Å². The molecule has 1 saturated heterocycles. The van der Waals surface area contributed by atoms with Crippen LogP contribution < -0.4 is 4.90 Å². The van der Waals surface area contributed by atoms with Crippen LogP contribution in [0.1, 0.15) is 26.3 Å². The molecule has 9 heteroatoms. The molecule has 0 aromatic heterocycles. The summed E-state index contributed by atoms with van der Waals surface area (Å²) < 4.78 is 32.3. The molecule has 0 bridgehead atoms. The van der Waals surface area contributed by atoms with Crippen LogP contribution in [0.15, 0.2) is 23.1 Å². The molecule has 2 heterocycles. The molecular weight excluding hydrogens is 382 g/mol. The number of morpholine rings is 1. The monoisotopic (exact) mass is 409 g/mol. The summed E-state index contributed by atoms with van der Waals surface area (Å²) in [4.78, 5) is 28.7. The number of ether oxygens (including phenoxy) is 1. The molecule has 1 aromatic rings. The zero-order valence-corrected chi connectivity index (χ0v) is 17.4. The Kier molecular flexibility index (Phi) is 6.07. The predicted octanol–water partition coefficient (Wildman–Crippen LogP) is 0.854. The highest BCUT2D eigenvalue weighted by Crippen LogP contribution is 2.35. The van der Waals surface area contributed by atoms with E-state index in [1.165, 1.54) is 22.2 Å². The van der Waals surface area contributed by atoms with Gasteiger partial charge in [-0.1, -0.05) is 13.8 Å². The van der Waals surface area contributed by atoms with Crippen molar-refractivity contribution >= 4 is 27.5 Å². The van der Waals surface area contributed by atoms with Gasteiger partial charge in [0.1, 0.15) is 6.04 Å². The van der Waals surface area contributed by atoms with Gasteiger partial charge in [-0.15, -0.1) is 0 Å². The molecule has 0 saturated carbocycles.